The second-order valence-electron chi connectivity index (χ2n) is 7.75. The molecule has 144 valence electrons. The molecule has 1 aromatic carbocycles. The van der Waals surface area contributed by atoms with Crippen LogP contribution >= 0.6 is 0 Å². The number of aryl methyl sites for hydroxylation is 1. The van der Waals surface area contributed by atoms with Crippen molar-refractivity contribution >= 4 is 5.78 Å². The fraction of sp³-hybridized carbons (Fsp3) is 0.609. The summed E-state index contributed by atoms with van der Waals surface area (Å²) in [5.74, 6) is 0.319. The van der Waals surface area contributed by atoms with E-state index in [-0.39, 0.29) is 11.3 Å². The molecule has 26 heavy (non-hydrogen) atoms. The third-order valence-electron chi connectivity index (χ3n) is 5.79. The maximum atomic E-state index is 14.2. The van der Waals surface area contributed by atoms with E-state index >= 15 is 0 Å². The van der Waals surface area contributed by atoms with Crippen LogP contribution < -0.4 is 0 Å². The lowest BCUT2D eigenvalue weighted by atomic mass is 9.78. The van der Waals surface area contributed by atoms with E-state index < -0.39 is 11.6 Å². The molecule has 0 unspecified atom stereocenters. The smallest absolute Gasteiger partial charge is 0.168 e. The van der Waals surface area contributed by atoms with Crippen LogP contribution in [0.1, 0.15) is 87.1 Å². The fourth-order valence-electron chi connectivity index (χ4n) is 4.19. The molecule has 1 aromatic rings. The Morgan fingerprint density at radius 2 is 1.88 bits per heavy atom. The van der Waals surface area contributed by atoms with E-state index in [1.807, 2.05) is 0 Å². The maximum absolute atomic E-state index is 14.2. The summed E-state index contributed by atoms with van der Waals surface area (Å²) in [6, 6.07) is 3.18. The number of phenols is 1. The van der Waals surface area contributed by atoms with Crippen molar-refractivity contribution in [2.45, 2.75) is 77.6 Å². The Balaban J connectivity index is 1.81. The number of hydrogen-bond donors (Lipinski definition) is 1. The predicted octanol–water partition coefficient (Wildman–Crippen LogP) is 6.61. The standard InChI is InChI=1S/C23H33FO2/c1-3-5-9-19-15-16-20(23(26)22(19)24)21(25)10-6-8-18-13-11-17(7-4-2)12-14-18/h3,15-18,26H,1,4-14H2,2H3. The molecule has 3 heteroatoms. The van der Waals surface area contributed by atoms with Gasteiger partial charge in [-0.25, -0.2) is 4.39 Å². The maximum Gasteiger partial charge on any atom is 0.168 e. The van der Waals surface area contributed by atoms with Crippen LogP contribution in [0, 0.1) is 17.7 Å². The highest BCUT2D eigenvalue weighted by Crippen LogP contribution is 2.34. The zero-order valence-electron chi connectivity index (χ0n) is 16.1. The summed E-state index contributed by atoms with van der Waals surface area (Å²) in [7, 11) is 0. The van der Waals surface area contributed by atoms with E-state index in [1.165, 1.54) is 38.5 Å². The van der Waals surface area contributed by atoms with Crippen molar-refractivity contribution < 1.29 is 14.3 Å². The summed E-state index contributed by atoms with van der Waals surface area (Å²) in [6.07, 6.45) is 12.9. The van der Waals surface area contributed by atoms with Crippen molar-refractivity contribution in [1.82, 2.24) is 0 Å². The van der Waals surface area contributed by atoms with Crippen LogP contribution in [-0.4, -0.2) is 10.9 Å². The molecule has 1 saturated carbocycles. The first-order chi connectivity index (χ1) is 12.6. The zero-order chi connectivity index (χ0) is 18.9. The molecule has 1 aliphatic rings. The van der Waals surface area contributed by atoms with Crippen molar-refractivity contribution in [3.05, 3.63) is 41.7 Å². The number of carbonyl (C=O) groups excluding carboxylic acids is 1. The van der Waals surface area contributed by atoms with Gasteiger partial charge in [-0.05, 0) is 42.7 Å². The molecule has 0 saturated heterocycles. The van der Waals surface area contributed by atoms with Gasteiger partial charge in [0.25, 0.3) is 0 Å². The Labute approximate surface area is 157 Å². The number of halogens is 1. The minimum absolute atomic E-state index is 0.122. The lowest BCUT2D eigenvalue weighted by Crippen LogP contribution is -2.14. The average molecular weight is 361 g/mol. The summed E-state index contributed by atoms with van der Waals surface area (Å²) in [5, 5.41) is 10.1. The molecule has 0 aromatic heterocycles. The Morgan fingerprint density at radius 3 is 2.50 bits per heavy atom. The minimum atomic E-state index is -0.660. The summed E-state index contributed by atoms with van der Waals surface area (Å²) in [6.45, 7) is 5.87. The van der Waals surface area contributed by atoms with Gasteiger partial charge in [0.1, 0.15) is 0 Å². The molecule has 0 heterocycles. The molecule has 0 atom stereocenters. The van der Waals surface area contributed by atoms with Gasteiger partial charge in [-0.1, -0.05) is 64.0 Å². The Kier molecular flexibility index (Phi) is 8.34. The first kappa shape index (κ1) is 20.7. The monoisotopic (exact) mass is 360 g/mol. The molecule has 2 nitrogen and oxygen atoms in total. The third-order valence-corrected chi connectivity index (χ3v) is 5.79. The van der Waals surface area contributed by atoms with Gasteiger partial charge < -0.3 is 5.11 Å². The number of hydrogen-bond acceptors (Lipinski definition) is 2. The molecule has 1 aliphatic carbocycles. The van der Waals surface area contributed by atoms with Crippen molar-refractivity contribution in [2.75, 3.05) is 0 Å². The van der Waals surface area contributed by atoms with Gasteiger partial charge >= 0.3 is 0 Å². The summed E-state index contributed by atoms with van der Waals surface area (Å²) in [4.78, 5) is 12.4. The SMILES string of the molecule is C=CCCc1ccc(C(=O)CCCC2CCC(CCC)CC2)c(O)c1F. The van der Waals surface area contributed by atoms with Crippen molar-refractivity contribution in [2.24, 2.45) is 11.8 Å². The van der Waals surface area contributed by atoms with Gasteiger partial charge in [0, 0.05) is 6.42 Å². The quantitative estimate of drug-likeness (QED) is 0.376. The molecular weight excluding hydrogens is 327 g/mol. The van der Waals surface area contributed by atoms with E-state index in [2.05, 4.69) is 13.5 Å². The Hall–Kier alpha value is -1.64. The molecule has 2 rings (SSSR count). The summed E-state index contributed by atoms with van der Waals surface area (Å²) < 4.78 is 14.2. The molecule has 1 N–H and O–H groups in total. The highest BCUT2D eigenvalue weighted by Gasteiger charge is 2.21. The van der Waals surface area contributed by atoms with Crippen LogP contribution in [0.25, 0.3) is 0 Å². The third kappa shape index (κ3) is 5.69. The van der Waals surface area contributed by atoms with Gasteiger partial charge in [0.15, 0.2) is 17.3 Å². The predicted molar refractivity (Wildman–Crippen MR) is 105 cm³/mol. The largest absolute Gasteiger partial charge is 0.504 e. The number of carbonyl (C=O) groups is 1. The van der Waals surface area contributed by atoms with E-state index in [4.69, 9.17) is 0 Å². The number of aromatic hydroxyl groups is 1. The fourth-order valence-corrected chi connectivity index (χ4v) is 4.19. The van der Waals surface area contributed by atoms with E-state index in [0.717, 1.165) is 24.7 Å². The average Bonchev–Trinajstić information content (AvgIpc) is 2.64. The molecule has 0 aliphatic heterocycles. The van der Waals surface area contributed by atoms with Crippen molar-refractivity contribution in [3.8, 4) is 5.75 Å². The molecule has 0 bridgehead atoms. The van der Waals surface area contributed by atoms with Crippen LogP contribution in [0.4, 0.5) is 4.39 Å². The molecular formula is C23H33FO2. The highest BCUT2D eigenvalue weighted by molar-refractivity contribution is 5.98. The highest BCUT2D eigenvalue weighted by atomic mass is 19.1. The van der Waals surface area contributed by atoms with Gasteiger partial charge in [-0.3, -0.25) is 4.79 Å². The summed E-state index contributed by atoms with van der Waals surface area (Å²) in [5.41, 5.74) is 0.555. The van der Waals surface area contributed by atoms with Crippen molar-refractivity contribution in [1.29, 1.82) is 0 Å². The van der Waals surface area contributed by atoms with Crippen LogP contribution in [0.2, 0.25) is 0 Å². The molecule has 0 spiro atoms. The topological polar surface area (TPSA) is 37.3 Å². The molecule has 0 radical (unpaired) electrons. The number of rotatable bonds is 10. The number of allylic oxidation sites excluding steroid dienone is 1. The lowest BCUT2D eigenvalue weighted by molar-refractivity contribution is 0.0972. The normalized spacial score (nSPS) is 20.1. The Bertz CT molecular complexity index is 600. The number of phenolic OH excluding ortho intramolecular Hbond substituents is 1. The molecule has 1 fully saturated rings. The molecule has 0 amide bonds. The summed E-state index contributed by atoms with van der Waals surface area (Å²) >= 11 is 0. The van der Waals surface area contributed by atoms with Crippen LogP contribution in [-0.2, 0) is 6.42 Å². The number of Topliss-reactive ketones (excluding diaryl/α,β-unsaturated/α-hetero) is 1. The van der Waals surface area contributed by atoms with Gasteiger partial charge in [0.05, 0.1) is 5.56 Å². The number of benzene rings is 1. The van der Waals surface area contributed by atoms with Gasteiger partial charge in [-0.15, -0.1) is 6.58 Å². The second-order valence-corrected chi connectivity index (χ2v) is 7.75. The first-order valence-electron chi connectivity index (χ1n) is 10.2. The van der Waals surface area contributed by atoms with Crippen LogP contribution in [0.5, 0.6) is 5.75 Å². The number of ketones is 1. The lowest BCUT2D eigenvalue weighted by Gasteiger charge is -2.28. The van der Waals surface area contributed by atoms with Gasteiger partial charge in [-0.2, -0.15) is 0 Å². The van der Waals surface area contributed by atoms with E-state index in [1.54, 1.807) is 18.2 Å². The Morgan fingerprint density at radius 1 is 1.23 bits per heavy atom. The zero-order valence-corrected chi connectivity index (χ0v) is 16.1. The van der Waals surface area contributed by atoms with E-state index in [9.17, 15) is 14.3 Å². The van der Waals surface area contributed by atoms with Crippen LogP contribution in [0.3, 0.4) is 0 Å². The van der Waals surface area contributed by atoms with E-state index in [0.29, 0.717) is 24.8 Å². The minimum Gasteiger partial charge on any atom is -0.504 e. The second kappa shape index (κ2) is 10.5. The van der Waals surface area contributed by atoms with Gasteiger partial charge in [0.2, 0.25) is 0 Å². The first-order valence-corrected chi connectivity index (χ1v) is 10.2. The van der Waals surface area contributed by atoms with Crippen LogP contribution in [0.15, 0.2) is 24.8 Å². The van der Waals surface area contributed by atoms with Crippen molar-refractivity contribution in [3.63, 3.8) is 0 Å².